The molecule has 23 heavy (non-hydrogen) atoms. The van der Waals surface area contributed by atoms with Crippen molar-refractivity contribution in [2.45, 2.75) is 52.6 Å². The highest BCUT2D eigenvalue weighted by molar-refractivity contribution is 5.68. The fraction of sp³-hybridized carbons (Fsp3) is 0.765. The Bertz CT molecular complexity index is 525. The van der Waals surface area contributed by atoms with E-state index in [1.807, 2.05) is 43.6 Å². The molecule has 0 saturated carbocycles. The lowest BCUT2D eigenvalue weighted by molar-refractivity contribution is 0.0188. The third kappa shape index (κ3) is 5.15. The van der Waals surface area contributed by atoms with Gasteiger partial charge in [0.1, 0.15) is 5.60 Å². The second-order valence-electron chi connectivity index (χ2n) is 7.31. The molecule has 0 aromatic carbocycles. The van der Waals surface area contributed by atoms with Crippen LogP contribution in [0.2, 0.25) is 0 Å². The number of carbonyl (C=O) groups excluding carboxylic acids is 1. The zero-order chi connectivity index (χ0) is 17.0. The third-order valence-electron chi connectivity index (χ3n) is 4.09. The van der Waals surface area contributed by atoms with Crippen LogP contribution in [0.4, 0.5) is 10.5 Å². The second kappa shape index (κ2) is 7.23. The van der Waals surface area contributed by atoms with Crippen molar-refractivity contribution in [1.82, 2.24) is 14.7 Å². The van der Waals surface area contributed by atoms with E-state index in [-0.39, 0.29) is 6.09 Å². The molecule has 1 aliphatic rings. The minimum atomic E-state index is -0.424. The van der Waals surface area contributed by atoms with E-state index in [0.717, 1.165) is 50.3 Å². The maximum Gasteiger partial charge on any atom is 0.410 e. The zero-order valence-electron chi connectivity index (χ0n) is 15.1. The highest BCUT2D eigenvalue weighted by Crippen LogP contribution is 2.21. The zero-order valence-corrected chi connectivity index (χ0v) is 15.1. The summed E-state index contributed by atoms with van der Waals surface area (Å²) in [6, 6.07) is 0. The number of nitrogens with one attached hydrogen (secondary N) is 1. The molecule has 0 radical (unpaired) electrons. The summed E-state index contributed by atoms with van der Waals surface area (Å²) >= 11 is 0. The molecule has 1 N–H and O–H groups in total. The summed E-state index contributed by atoms with van der Waals surface area (Å²) in [4.78, 5) is 13.9. The van der Waals surface area contributed by atoms with Crippen LogP contribution >= 0.6 is 0 Å². The molecule has 2 rings (SSSR count). The Morgan fingerprint density at radius 3 is 2.61 bits per heavy atom. The fourth-order valence-corrected chi connectivity index (χ4v) is 2.84. The van der Waals surface area contributed by atoms with Crippen LogP contribution in [0.1, 0.15) is 46.2 Å². The normalized spacial score (nSPS) is 16.5. The van der Waals surface area contributed by atoms with Gasteiger partial charge in [0.05, 0.1) is 11.4 Å². The predicted molar refractivity (Wildman–Crippen MR) is 91.6 cm³/mol. The summed E-state index contributed by atoms with van der Waals surface area (Å²) in [6.45, 7) is 10.3. The molecule has 0 unspecified atom stereocenters. The van der Waals surface area contributed by atoms with Gasteiger partial charge >= 0.3 is 6.09 Å². The van der Waals surface area contributed by atoms with E-state index in [1.165, 1.54) is 0 Å². The van der Waals surface area contributed by atoms with E-state index in [0.29, 0.717) is 5.92 Å². The van der Waals surface area contributed by atoms with Gasteiger partial charge in [0, 0.05) is 32.9 Å². The van der Waals surface area contributed by atoms with Crippen molar-refractivity contribution >= 4 is 11.8 Å². The number of piperidine rings is 1. The molecule has 0 aliphatic carbocycles. The minimum Gasteiger partial charge on any atom is -0.444 e. The van der Waals surface area contributed by atoms with E-state index in [9.17, 15) is 4.79 Å². The van der Waals surface area contributed by atoms with Crippen LogP contribution < -0.4 is 5.32 Å². The number of amides is 1. The first-order chi connectivity index (χ1) is 10.8. The van der Waals surface area contributed by atoms with Gasteiger partial charge in [0.25, 0.3) is 0 Å². The predicted octanol–water partition coefficient (Wildman–Crippen LogP) is 3.04. The maximum absolute atomic E-state index is 12.1. The molecular weight excluding hydrogens is 292 g/mol. The first-order valence-electron chi connectivity index (χ1n) is 8.53. The Kier molecular flexibility index (Phi) is 5.55. The van der Waals surface area contributed by atoms with Gasteiger partial charge in [-0.1, -0.05) is 6.92 Å². The molecule has 1 fully saturated rings. The van der Waals surface area contributed by atoms with E-state index in [1.54, 1.807) is 0 Å². The van der Waals surface area contributed by atoms with Gasteiger partial charge < -0.3 is 15.0 Å². The van der Waals surface area contributed by atoms with E-state index >= 15 is 0 Å². The molecule has 130 valence electrons. The monoisotopic (exact) mass is 322 g/mol. The third-order valence-corrected chi connectivity index (χ3v) is 4.09. The summed E-state index contributed by atoms with van der Waals surface area (Å²) in [5.74, 6) is 0.582. The number of aryl methyl sites for hydroxylation is 2. The number of aromatic nitrogens is 2. The van der Waals surface area contributed by atoms with E-state index < -0.39 is 5.60 Å². The first kappa shape index (κ1) is 17.6. The summed E-state index contributed by atoms with van der Waals surface area (Å²) in [7, 11) is 1.95. The number of nitrogens with zero attached hydrogens (tertiary/aromatic N) is 3. The maximum atomic E-state index is 12.1. The lowest BCUT2D eigenvalue weighted by Crippen LogP contribution is -2.42. The van der Waals surface area contributed by atoms with Gasteiger partial charge in [-0.2, -0.15) is 5.10 Å². The number of hydrogen-bond acceptors (Lipinski definition) is 4. The highest BCUT2D eigenvalue weighted by Gasteiger charge is 2.26. The molecule has 1 aliphatic heterocycles. The van der Waals surface area contributed by atoms with Crippen LogP contribution in [-0.2, 0) is 18.2 Å². The largest absolute Gasteiger partial charge is 0.444 e. The van der Waals surface area contributed by atoms with Gasteiger partial charge in [-0.3, -0.25) is 4.68 Å². The number of anilines is 1. The molecular formula is C17H30N4O2. The molecule has 6 heteroatoms. The fourth-order valence-electron chi connectivity index (χ4n) is 2.84. The van der Waals surface area contributed by atoms with Crippen LogP contribution in [0.5, 0.6) is 0 Å². The molecule has 0 spiro atoms. The van der Waals surface area contributed by atoms with Crippen molar-refractivity contribution in [1.29, 1.82) is 0 Å². The Labute approximate surface area is 139 Å². The lowest BCUT2D eigenvalue weighted by Gasteiger charge is -2.33. The Balaban J connectivity index is 1.77. The second-order valence-corrected chi connectivity index (χ2v) is 7.31. The number of rotatable bonds is 4. The van der Waals surface area contributed by atoms with Crippen molar-refractivity contribution in [3.63, 3.8) is 0 Å². The van der Waals surface area contributed by atoms with Gasteiger partial charge in [-0.05, 0) is 46.0 Å². The molecule has 1 aromatic rings. The number of hydrogen-bond donors (Lipinski definition) is 1. The minimum absolute atomic E-state index is 0.190. The average molecular weight is 322 g/mol. The quantitative estimate of drug-likeness (QED) is 0.925. The SMILES string of the molecule is CCc1nn(C)cc1NCC1CCN(C(=O)OC(C)(C)C)CC1. The topological polar surface area (TPSA) is 59.4 Å². The van der Waals surface area contributed by atoms with Gasteiger partial charge in [0.2, 0.25) is 0 Å². The van der Waals surface area contributed by atoms with E-state index in [2.05, 4.69) is 17.3 Å². The first-order valence-corrected chi connectivity index (χ1v) is 8.53. The van der Waals surface area contributed by atoms with Gasteiger partial charge in [-0.25, -0.2) is 4.79 Å². The summed E-state index contributed by atoms with van der Waals surface area (Å²) in [5.41, 5.74) is 1.81. The number of likely N-dealkylation sites (tertiary alicyclic amines) is 1. The lowest BCUT2D eigenvalue weighted by atomic mass is 9.97. The molecule has 1 amide bonds. The van der Waals surface area contributed by atoms with Crippen molar-refractivity contribution < 1.29 is 9.53 Å². The van der Waals surface area contributed by atoms with Gasteiger partial charge in [0.15, 0.2) is 0 Å². The van der Waals surface area contributed by atoms with Crippen molar-refractivity contribution in [3.05, 3.63) is 11.9 Å². The average Bonchev–Trinajstić information content (AvgIpc) is 2.84. The van der Waals surface area contributed by atoms with E-state index in [4.69, 9.17) is 4.74 Å². The van der Waals surface area contributed by atoms with Crippen LogP contribution in [-0.4, -0.2) is 46.0 Å². The van der Waals surface area contributed by atoms with Crippen LogP contribution in [0.15, 0.2) is 6.20 Å². The molecule has 2 heterocycles. The van der Waals surface area contributed by atoms with Crippen molar-refractivity contribution in [2.75, 3.05) is 25.0 Å². The van der Waals surface area contributed by atoms with Crippen LogP contribution in [0.3, 0.4) is 0 Å². The summed E-state index contributed by atoms with van der Waals surface area (Å²) in [6.07, 6.45) is 4.79. The number of carbonyl (C=O) groups is 1. The Morgan fingerprint density at radius 1 is 1.39 bits per heavy atom. The molecule has 0 bridgehead atoms. The Hall–Kier alpha value is -1.72. The van der Waals surface area contributed by atoms with Gasteiger partial charge in [-0.15, -0.1) is 0 Å². The Morgan fingerprint density at radius 2 is 2.04 bits per heavy atom. The van der Waals surface area contributed by atoms with Crippen LogP contribution in [0.25, 0.3) is 0 Å². The molecule has 6 nitrogen and oxygen atoms in total. The molecule has 1 saturated heterocycles. The van der Waals surface area contributed by atoms with Crippen molar-refractivity contribution in [2.24, 2.45) is 13.0 Å². The highest BCUT2D eigenvalue weighted by atomic mass is 16.6. The van der Waals surface area contributed by atoms with Crippen molar-refractivity contribution in [3.8, 4) is 0 Å². The standard InChI is InChI=1S/C17H30N4O2/c1-6-14-15(12-20(5)19-14)18-11-13-7-9-21(10-8-13)16(22)23-17(2,3)4/h12-13,18H,6-11H2,1-5H3. The summed E-state index contributed by atoms with van der Waals surface area (Å²) in [5, 5.41) is 7.97. The molecule has 0 atom stereocenters. The van der Waals surface area contributed by atoms with Crippen LogP contribution in [0, 0.1) is 5.92 Å². The summed E-state index contributed by atoms with van der Waals surface area (Å²) < 4.78 is 7.29. The smallest absolute Gasteiger partial charge is 0.410 e. The number of ether oxygens (including phenoxy) is 1. The molecule has 1 aromatic heterocycles.